The van der Waals surface area contributed by atoms with Gasteiger partial charge in [0.1, 0.15) is 5.82 Å². The van der Waals surface area contributed by atoms with E-state index in [0.717, 1.165) is 62.7 Å². The number of rotatable bonds is 3. The molecule has 2 heterocycles. The summed E-state index contributed by atoms with van der Waals surface area (Å²) in [5, 5.41) is 0. The van der Waals surface area contributed by atoms with Crippen molar-refractivity contribution in [2.75, 3.05) is 12.3 Å². The lowest BCUT2D eigenvalue weighted by Crippen LogP contribution is -2.42. The highest BCUT2D eigenvalue weighted by atomic mass is 19.1. The van der Waals surface area contributed by atoms with Crippen molar-refractivity contribution in [1.82, 2.24) is 14.9 Å². The molecule has 1 aliphatic carbocycles. The van der Waals surface area contributed by atoms with Gasteiger partial charge in [-0.25, -0.2) is 14.4 Å². The monoisotopic (exact) mass is 368 g/mol. The number of carbonyl (C=O) groups is 1. The van der Waals surface area contributed by atoms with Crippen molar-refractivity contribution in [1.29, 1.82) is 0 Å². The highest BCUT2D eigenvalue weighted by Crippen LogP contribution is 2.38. The predicted octanol–water partition coefficient (Wildman–Crippen LogP) is 4.11. The molecule has 0 radical (unpaired) electrons. The summed E-state index contributed by atoms with van der Waals surface area (Å²) >= 11 is 0. The summed E-state index contributed by atoms with van der Waals surface area (Å²) in [7, 11) is 0. The first-order chi connectivity index (χ1) is 13.1. The molecular weight excluding hydrogens is 343 g/mol. The van der Waals surface area contributed by atoms with E-state index in [1.807, 2.05) is 11.0 Å². The van der Waals surface area contributed by atoms with Gasteiger partial charge in [0.25, 0.3) is 0 Å². The van der Waals surface area contributed by atoms with Gasteiger partial charge in [-0.05, 0) is 49.8 Å². The molecule has 2 N–H and O–H groups in total. The largest absolute Gasteiger partial charge is 0.368 e. The van der Waals surface area contributed by atoms with Crippen LogP contribution in [-0.4, -0.2) is 27.3 Å². The fraction of sp³-hybridized carbons (Fsp3) is 0.476. The Bertz CT molecular complexity index is 835. The van der Waals surface area contributed by atoms with Gasteiger partial charge in [-0.2, -0.15) is 0 Å². The lowest BCUT2D eigenvalue weighted by atomic mass is 9.92. The van der Waals surface area contributed by atoms with Crippen LogP contribution in [-0.2, 0) is 4.79 Å². The topological polar surface area (TPSA) is 72.1 Å². The zero-order valence-electron chi connectivity index (χ0n) is 15.4. The van der Waals surface area contributed by atoms with Crippen LogP contribution in [0.2, 0.25) is 0 Å². The van der Waals surface area contributed by atoms with Crippen molar-refractivity contribution in [3.8, 4) is 11.1 Å². The number of likely N-dealkylation sites (tertiary alicyclic amines) is 1. The van der Waals surface area contributed by atoms with E-state index in [4.69, 9.17) is 5.73 Å². The molecule has 1 aromatic heterocycles. The van der Waals surface area contributed by atoms with E-state index >= 15 is 0 Å². The molecule has 1 aliphatic heterocycles. The lowest BCUT2D eigenvalue weighted by molar-refractivity contribution is -0.139. The molecule has 142 valence electrons. The predicted molar refractivity (Wildman–Crippen MR) is 102 cm³/mol. The quantitative estimate of drug-likeness (QED) is 0.885. The molecular formula is C21H25FN4O. The zero-order valence-corrected chi connectivity index (χ0v) is 15.4. The molecule has 1 aromatic carbocycles. The third kappa shape index (κ3) is 3.66. The molecule has 1 saturated heterocycles. The van der Waals surface area contributed by atoms with Gasteiger partial charge in [0.05, 0.1) is 11.7 Å². The van der Waals surface area contributed by atoms with E-state index in [1.165, 1.54) is 12.1 Å². The van der Waals surface area contributed by atoms with Crippen LogP contribution in [0.3, 0.4) is 0 Å². The molecule has 2 fully saturated rings. The van der Waals surface area contributed by atoms with Gasteiger partial charge in [-0.1, -0.05) is 25.0 Å². The van der Waals surface area contributed by atoms with Crippen LogP contribution >= 0.6 is 0 Å². The molecule has 5 nitrogen and oxygen atoms in total. The van der Waals surface area contributed by atoms with E-state index in [0.29, 0.717) is 5.56 Å². The number of nitrogens with two attached hydrogens (primary N) is 1. The van der Waals surface area contributed by atoms with Crippen molar-refractivity contribution in [2.24, 2.45) is 5.92 Å². The van der Waals surface area contributed by atoms with Gasteiger partial charge < -0.3 is 10.6 Å². The van der Waals surface area contributed by atoms with Crippen molar-refractivity contribution < 1.29 is 9.18 Å². The van der Waals surface area contributed by atoms with Crippen LogP contribution in [0, 0.1) is 11.7 Å². The fourth-order valence-corrected chi connectivity index (χ4v) is 4.43. The Hall–Kier alpha value is -2.50. The summed E-state index contributed by atoms with van der Waals surface area (Å²) in [6, 6.07) is 6.28. The molecule has 0 bridgehead atoms. The van der Waals surface area contributed by atoms with Crippen molar-refractivity contribution in [2.45, 2.75) is 51.0 Å². The number of amides is 1. The number of carbonyl (C=O) groups excluding carboxylic acids is 1. The summed E-state index contributed by atoms with van der Waals surface area (Å²) in [6.07, 6.45) is 8.75. The SMILES string of the molecule is Nc1ncc(-c2cccc(F)c2)c([C@@H]2CCCCN2C(=O)C2CCCC2)n1. The Morgan fingerprint density at radius 2 is 1.93 bits per heavy atom. The molecule has 2 aliphatic rings. The Balaban J connectivity index is 1.73. The standard InChI is InChI=1S/C21H25FN4O/c22-16-9-5-8-15(12-16)17-13-24-21(23)25-19(17)18-10-3-4-11-26(18)20(27)14-6-1-2-7-14/h5,8-9,12-14,18H,1-4,6-7,10-11H2,(H2,23,24,25)/t18-/m0/s1. The number of hydrogen-bond acceptors (Lipinski definition) is 4. The van der Waals surface area contributed by atoms with Crippen molar-refractivity contribution >= 4 is 11.9 Å². The minimum absolute atomic E-state index is 0.127. The molecule has 6 heteroatoms. The van der Waals surface area contributed by atoms with Gasteiger partial charge in [-0.15, -0.1) is 0 Å². The number of aromatic nitrogens is 2. The number of nitrogen functional groups attached to an aromatic ring is 1. The second-order valence-corrected chi connectivity index (χ2v) is 7.56. The van der Waals surface area contributed by atoms with Gasteiger partial charge in [0.2, 0.25) is 11.9 Å². The number of halogens is 1. The van der Waals surface area contributed by atoms with Crippen LogP contribution in [0.4, 0.5) is 10.3 Å². The number of anilines is 1. The maximum absolute atomic E-state index is 13.8. The summed E-state index contributed by atoms with van der Waals surface area (Å²) in [4.78, 5) is 23.8. The molecule has 0 spiro atoms. The molecule has 1 amide bonds. The maximum atomic E-state index is 13.8. The first-order valence-corrected chi connectivity index (χ1v) is 9.82. The maximum Gasteiger partial charge on any atom is 0.226 e. The van der Waals surface area contributed by atoms with Gasteiger partial charge in [-0.3, -0.25) is 4.79 Å². The third-order valence-corrected chi connectivity index (χ3v) is 5.78. The molecule has 4 rings (SSSR count). The number of benzene rings is 1. The highest BCUT2D eigenvalue weighted by Gasteiger charge is 2.35. The smallest absolute Gasteiger partial charge is 0.226 e. The molecule has 0 unspecified atom stereocenters. The van der Waals surface area contributed by atoms with Crippen molar-refractivity contribution in [3.05, 3.63) is 42.0 Å². The van der Waals surface area contributed by atoms with Gasteiger partial charge in [0.15, 0.2) is 0 Å². The average molecular weight is 368 g/mol. The summed E-state index contributed by atoms with van der Waals surface area (Å²) in [5.41, 5.74) is 8.08. The van der Waals surface area contributed by atoms with E-state index < -0.39 is 0 Å². The zero-order chi connectivity index (χ0) is 18.8. The number of nitrogens with zero attached hydrogens (tertiary/aromatic N) is 3. The van der Waals surface area contributed by atoms with Gasteiger partial charge in [0, 0.05) is 24.2 Å². The van der Waals surface area contributed by atoms with Crippen molar-refractivity contribution in [3.63, 3.8) is 0 Å². The molecule has 1 saturated carbocycles. The first kappa shape index (κ1) is 17.9. The fourth-order valence-electron chi connectivity index (χ4n) is 4.43. The van der Waals surface area contributed by atoms with Crippen LogP contribution in [0.15, 0.2) is 30.5 Å². The van der Waals surface area contributed by atoms with E-state index in [-0.39, 0.29) is 29.6 Å². The Labute approximate surface area is 158 Å². The minimum Gasteiger partial charge on any atom is -0.368 e. The summed E-state index contributed by atoms with van der Waals surface area (Å²) < 4.78 is 13.8. The van der Waals surface area contributed by atoms with Gasteiger partial charge >= 0.3 is 0 Å². The number of piperidine rings is 1. The Morgan fingerprint density at radius 3 is 2.70 bits per heavy atom. The van der Waals surface area contributed by atoms with E-state index in [1.54, 1.807) is 12.3 Å². The average Bonchev–Trinajstić information content (AvgIpc) is 3.22. The van der Waals surface area contributed by atoms with Crippen LogP contribution in [0.25, 0.3) is 11.1 Å². The third-order valence-electron chi connectivity index (χ3n) is 5.78. The highest BCUT2D eigenvalue weighted by molar-refractivity contribution is 5.80. The Kier molecular flexibility index (Phi) is 5.05. The van der Waals surface area contributed by atoms with E-state index in [2.05, 4.69) is 9.97 Å². The number of hydrogen-bond donors (Lipinski definition) is 1. The second kappa shape index (κ2) is 7.62. The summed E-state index contributed by atoms with van der Waals surface area (Å²) in [6.45, 7) is 0.743. The summed E-state index contributed by atoms with van der Waals surface area (Å²) in [5.74, 6) is 0.240. The lowest BCUT2D eigenvalue weighted by Gasteiger charge is -2.37. The normalized spacial score (nSPS) is 20.8. The Morgan fingerprint density at radius 1 is 1.15 bits per heavy atom. The second-order valence-electron chi connectivity index (χ2n) is 7.56. The minimum atomic E-state index is -0.308. The molecule has 1 atom stereocenters. The molecule has 27 heavy (non-hydrogen) atoms. The van der Waals surface area contributed by atoms with Crippen LogP contribution < -0.4 is 5.73 Å². The first-order valence-electron chi connectivity index (χ1n) is 9.82. The molecule has 2 aromatic rings. The van der Waals surface area contributed by atoms with Crippen LogP contribution in [0.1, 0.15) is 56.7 Å². The van der Waals surface area contributed by atoms with E-state index in [9.17, 15) is 9.18 Å². The van der Waals surface area contributed by atoms with Crippen LogP contribution in [0.5, 0.6) is 0 Å².